The molecule has 0 radical (unpaired) electrons. The molecule has 17 heavy (non-hydrogen) atoms. The zero-order valence-electron chi connectivity index (χ0n) is 9.72. The van der Waals surface area contributed by atoms with Crippen molar-refractivity contribution < 1.29 is 13.2 Å². The van der Waals surface area contributed by atoms with E-state index in [4.69, 9.17) is 4.74 Å². The molecule has 0 spiro atoms. The van der Waals surface area contributed by atoms with E-state index in [1.165, 1.54) is 0 Å². The number of anilines is 1. The van der Waals surface area contributed by atoms with E-state index in [0.717, 1.165) is 5.82 Å². The van der Waals surface area contributed by atoms with Crippen molar-refractivity contribution in [1.82, 2.24) is 4.98 Å². The molecule has 6 heteroatoms. The number of ether oxygens (including phenoxy) is 1. The van der Waals surface area contributed by atoms with E-state index in [2.05, 4.69) is 10.3 Å². The van der Waals surface area contributed by atoms with Crippen molar-refractivity contribution in [2.75, 3.05) is 23.9 Å². The monoisotopic (exact) mass is 256 g/mol. The van der Waals surface area contributed by atoms with Crippen LogP contribution in [0, 0.1) is 0 Å². The maximum atomic E-state index is 11.3. The number of methoxy groups -OCH3 is 1. The van der Waals surface area contributed by atoms with E-state index in [9.17, 15) is 8.42 Å². The molecule has 1 aliphatic heterocycles. The lowest BCUT2D eigenvalue weighted by atomic mass is 10.1. The van der Waals surface area contributed by atoms with Crippen LogP contribution < -0.4 is 10.1 Å². The standard InChI is InChI=1S/C11H16N2O3S/c1-16-10-2-3-11(12-8-10)13-9-4-6-17(14,15)7-5-9/h2-3,8-9H,4-7H2,1H3,(H,12,13). The second-order valence-electron chi connectivity index (χ2n) is 4.15. The first-order chi connectivity index (χ1) is 8.09. The Morgan fingerprint density at radius 2 is 2.06 bits per heavy atom. The third kappa shape index (κ3) is 3.33. The highest BCUT2D eigenvalue weighted by Gasteiger charge is 2.23. The predicted octanol–water partition coefficient (Wildman–Crippen LogP) is 1.08. The third-order valence-corrected chi connectivity index (χ3v) is 4.59. The average Bonchev–Trinajstić information content (AvgIpc) is 2.33. The van der Waals surface area contributed by atoms with Crippen LogP contribution in [0.15, 0.2) is 18.3 Å². The minimum Gasteiger partial charge on any atom is -0.495 e. The maximum absolute atomic E-state index is 11.3. The normalized spacial score (nSPS) is 19.8. The van der Waals surface area contributed by atoms with Crippen LogP contribution in [0.1, 0.15) is 12.8 Å². The van der Waals surface area contributed by atoms with Gasteiger partial charge in [-0.2, -0.15) is 0 Å². The fourth-order valence-electron chi connectivity index (χ4n) is 1.83. The molecule has 94 valence electrons. The molecule has 0 bridgehead atoms. The molecular weight excluding hydrogens is 240 g/mol. The molecule has 1 aromatic heterocycles. The lowest BCUT2D eigenvalue weighted by Gasteiger charge is -2.23. The second kappa shape index (κ2) is 4.91. The van der Waals surface area contributed by atoms with Crippen LogP contribution in [0.5, 0.6) is 5.75 Å². The number of nitrogens with one attached hydrogen (secondary N) is 1. The van der Waals surface area contributed by atoms with Gasteiger partial charge in [-0.05, 0) is 25.0 Å². The zero-order valence-corrected chi connectivity index (χ0v) is 10.5. The quantitative estimate of drug-likeness (QED) is 0.876. The Morgan fingerprint density at radius 3 is 2.59 bits per heavy atom. The van der Waals surface area contributed by atoms with E-state index in [0.29, 0.717) is 18.6 Å². The van der Waals surface area contributed by atoms with Gasteiger partial charge in [0.05, 0.1) is 24.8 Å². The van der Waals surface area contributed by atoms with Crippen molar-refractivity contribution in [2.45, 2.75) is 18.9 Å². The molecule has 2 rings (SSSR count). The number of pyridine rings is 1. The van der Waals surface area contributed by atoms with Crippen LogP contribution in [-0.4, -0.2) is 38.1 Å². The van der Waals surface area contributed by atoms with Gasteiger partial charge in [0.2, 0.25) is 0 Å². The van der Waals surface area contributed by atoms with Crippen LogP contribution >= 0.6 is 0 Å². The van der Waals surface area contributed by atoms with Gasteiger partial charge in [-0.1, -0.05) is 0 Å². The summed E-state index contributed by atoms with van der Waals surface area (Å²) in [6, 6.07) is 3.86. The molecule has 0 aromatic carbocycles. The average molecular weight is 256 g/mol. The highest BCUT2D eigenvalue weighted by atomic mass is 32.2. The lowest BCUT2D eigenvalue weighted by molar-refractivity contribution is 0.413. The summed E-state index contributed by atoms with van der Waals surface area (Å²) in [6.07, 6.45) is 2.94. The van der Waals surface area contributed by atoms with E-state index >= 15 is 0 Å². The first-order valence-electron chi connectivity index (χ1n) is 5.56. The van der Waals surface area contributed by atoms with Crippen LogP contribution in [-0.2, 0) is 9.84 Å². The van der Waals surface area contributed by atoms with Gasteiger partial charge in [0.1, 0.15) is 21.4 Å². The van der Waals surface area contributed by atoms with E-state index in [-0.39, 0.29) is 17.5 Å². The smallest absolute Gasteiger partial charge is 0.150 e. The molecule has 5 nitrogen and oxygen atoms in total. The molecule has 0 aliphatic carbocycles. The third-order valence-electron chi connectivity index (χ3n) is 2.88. The summed E-state index contributed by atoms with van der Waals surface area (Å²) in [4.78, 5) is 4.19. The molecule has 1 fully saturated rings. The van der Waals surface area contributed by atoms with E-state index in [1.807, 2.05) is 12.1 Å². The molecule has 0 amide bonds. The molecule has 1 aliphatic rings. The summed E-state index contributed by atoms with van der Waals surface area (Å²) in [5.74, 6) is 2.00. The number of sulfone groups is 1. The van der Waals surface area contributed by atoms with Gasteiger partial charge in [0.25, 0.3) is 0 Å². The SMILES string of the molecule is COc1ccc(NC2CCS(=O)(=O)CC2)nc1. The van der Waals surface area contributed by atoms with Gasteiger partial charge < -0.3 is 10.1 Å². The molecule has 1 aromatic rings. The van der Waals surface area contributed by atoms with Gasteiger partial charge in [-0.3, -0.25) is 0 Å². The largest absolute Gasteiger partial charge is 0.495 e. The Labute approximate surface area is 101 Å². The Kier molecular flexibility index (Phi) is 3.51. The topological polar surface area (TPSA) is 68.3 Å². The van der Waals surface area contributed by atoms with E-state index < -0.39 is 9.84 Å². The molecule has 0 saturated carbocycles. The Morgan fingerprint density at radius 1 is 1.35 bits per heavy atom. The maximum Gasteiger partial charge on any atom is 0.150 e. The zero-order chi connectivity index (χ0) is 12.3. The van der Waals surface area contributed by atoms with Gasteiger partial charge >= 0.3 is 0 Å². The van der Waals surface area contributed by atoms with Gasteiger partial charge in [0, 0.05) is 6.04 Å². The molecular formula is C11H16N2O3S. The van der Waals surface area contributed by atoms with Crippen molar-refractivity contribution in [3.05, 3.63) is 18.3 Å². The van der Waals surface area contributed by atoms with Crippen molar-refractivity contribution in [3.8, 4) is 5.75 Å². The van der Waals surface area contributed by atoms with Crippen molar-refractivity contribution in [2.24, 2.45) is 0 Å². The Hall–Kier alpha value is -1.30. The summed E-state index contributed by atoms with van der Waals surface area (Å²) in [6.45, 7) is 0. The van der Waals surface area contributed by atoms with Gasteiger partial charge in [0.15, 0.2) is 0 Å². The van der Waals surface area contributed by atoms with Gasteiger partial charge in [-0.25, -0.2) is 13.4 Å². The molecule has 0 unspecified atom stereocenters. The summed E-state index contributed by atoms with van der Waals surface area (Å²) >= 11 is 0. The summed E-state index contributed by atoms with van der Waals surface area (Å²) in [5.41, 5.74) is 0. The highest BCUT2D eigenvalue weighted by molar-refractivity contribution is 7.91. The van der Waals surface area contributed by atoms with Crippen molar-refractivity contribution in [1.29, 1.82) is 0 Å². The van der Waals surface area contributed by atoms with Crippen LogP contribution in [0.25, 0.3) is 0 Å². The summed E-state index contributed by atoms with van der Waals surface area (Å²) in [5, 5.41) is 3.24. The van der Waals surface area contributed by atoms with E-state index in [1.54, 1.807) is 13.3 Å². The molecule has 1 saturated heterocycles. The van der Waals surface area contributed by atoms with Crippen molar-refractivity contribution in [3.63, 3.8) is 0 Å². The van der Waals surface area contributed by atoms with Crippen molar-refractivity contribution >= 4 is 15.7 Å². The fraction of sp³-hybridized carbons (Fsp3) is 0.545. The summed E-state index contributed by atoms with van der Waals surface area (Å²) in [7, 11) is -1.21. The van der Waals surface area contributed by atoms with Gasteiger partial charge in [-0.15, -0.1) is 0 Å². The minimum atomic E-state index is -2.80. The number of hydrogen-bond donors (Lipinski definition) is 1. The second-order valence-corrected chi connectivity index (χ2v) is 6.46. The Balaban J connectivity index is 1.93. The van der Waals surface area contributed by atoms with Crippen LogP contribution in [0.3, 0.4) is 0 Å². The molecule has 0 atom stereocenters. The van der Waals surface area contributed by atoms with Crippen LogP contribution in [0.2, 0.25) is 0 Å². The first-order valence-corrected chi connectivity index (χ1v) is 7.38. The predicted molar refractivity (Wildman–Crippen MR) is 66.1 cm³/mol. The fourth-order valence-corrected chi connectivity index (χ4v) is 3.32. The number of hydrogen-bond acceptors (Lipinski definition) is 5. The number of nitrogens with zero attached hydrogens (tertiary/aromatic N) is 1. The molecule has 2 heterocycles. The molecule has 1 N–H and O–H groups in total. The summed E-state index contributed by atoms with van der Waals surface area (Å²) < 4.78 is 27.6. The number of rotatable bonds is 3. The first kappa shape index (κ1) is 12.2. The number of aromatic nitrogens is 1. The lowest BCUT2D eigenvalue weighted by Crippen LogP contribution is -2.32. The minimum absolute atomic E-state index is 0.194. The highest BCUT2D eigenvalue weighted by Crippen LogP contribution is 2.18. The van der Waals surface area contributed by atoms with Crippen LogP contribution in [0.4, 0.5) is 5.82 Å². The Bertz CT molecular complexity index is 456.